The van der Waals surface area contributed by atoms with Gasteiger partial charge in [-0.25, -0.2) is 8.78 Å². The van der Waals surface area contributed by atoms with Crippen LogP contribution >= 0.6 is 35.1 Å². The summed E-state index contributed by atoms with van der Waals surface area (Å²) < 4.78 is 28.0. The second-order valence-corrected chi connectivity index (χ2v) is 16.1. The van der Waals surface area contributed by atoms with Gasteiger partial charge in [-0.3, -0.25) is 14.6 Å². The zero-order valence-electron chi connectivity index (χ0n) is 28.0. The maximum absolute atomic E-state index is 13.9. The monoisotopic (exact) mass is 717 g/mol. The summed E-state index contributed by atoms with van der Waals surface area (Å²) in [4.78, 5) is 34.9. The van der Waals surface area contributed by atoms with Crippen molar-refractivity contribution in [3.63, 3.8) is 0 Å². The predicted octanol–water partition coefficient (Wildman–Crippen LogP) is 8.43. The van der Waals surface area contributed by atoms with Gasteiger partial charge in [0.05, 0.1) is 14.3 Å². The van der Waals surface area contributed by atoms with Gasteiger partial charge in [0, 0.05) is 23.5 Å². The van der Waals surface area contributed by atoms with E-state index in [-0.39, 0.29) is 47.1 Å². The van der Waals surface area contributed by atoms with E-state index in [1.165, 1.54) is 73.6 Å². The van der Waals surface area contributed by atoms with E-state index in [1.807, 2.05) is 29.6 Å². The second kappa shape index (κ2) is 16.0. The Kier molecular flexibility index (Phi) is 12.7. The molecule has 4 aromatic rings. The number of ketones is 1. The quantitative estimate of drug-likeness (QED) is 0.214. The molecule has 48 heavy (non-hydrogen) atoms. The number of thiophene rings is 2. The standard InChI is InChI=1S/C19H22FNOS.C9H18N2.C8H5FS.CO2.ClH/c1-19(2)14(12-6-8-21(19)9-7-12)11-16(22)17-10-13-4-3-5-15(20)18(13)23-17;1-9(2)8(10)7-3-5-11(9)6-4-7;9-7-3-1-2-6-4-5-10-8(6)7;2-1-3;/h3-5,10,12,14H,6-9,11H2,1-2H3;7-8H,3-6,10H2,1-2H3;1-5H;;1H/t14-;8-;;;/m00.../s1. The number of carbonyl (C=O) groups excluding carboxylic acids is 3. The van der Waals surface area contributed by atoms with Gasteiger partial charge in [-0.15, -0.1) is 35.1 Å². The molecule has 2 N–H and O–H groups in total. The van der Waals surface area contributed by atoms with Crippen molar-refractivity contribution in [2.75, 3.05) is 26.2 Å². The normalized spacial score (nSPS) is 27.2. The third-order valence-corrected chi connectivity index (χ3v) is 13.3. The van der Waals surface area contributed by atoms with Crippen molar-refractivity contribution in [2.45, 2.75) is 76.9 Å². The average molecular weight is 718 g/mol. The third-order valence-electron chi connectivity index (χ3n) is 11.1. The van der Waals surface area contributed by atoms with Crippen molar-refractivity contribution in [3.8, 4) is 0 Å². The summed E-state index contributed by atoms with van der Waals surface area (Å²) in [5, 5.41) is 3.73. The summed E-state index contributed by atoms with van der Waals surface area (Å²) in [6.45, 7) is 14.0. The molecular formula is C37H46ClF2N3O3S2. The van der Waals surface area contributed by atoms with Crippen LogP contribution in [0, 0.1) is 29.4 Å². The molecule has 8 heterocycles. The number of piperidine rings is 6. The predicted molar refractivity (Wildman–Crippen MR) is 193 cm³/mol. The van der Waals surface area contributed by atoms with E-state index in [4.69, 9.17) is 15.3 Å². The first-order valence-corrected chi connectivity index (χ1v) is 18.2. The Balaban J connectivity index is 0.000000173. The fourth-order valence-electron chi connectivity index (χ4n) is 8.15. The van der Waals surface area contributed by atoms with E-state index in [0.29, 0.717) is 33.9 Å². The first-order valence-electron chi connectivity index (χ1n) is 16.5. The Morgan fingerprint density at radius 3 is 1.83 bits per heavy atom. The summed E-state index contributed by atoms with van der Waals surface area (Å²) in [5.41, 5.74) is 6.52. The molecule has 11 heteroatoms. The van der Waals surface area contributed by atoms with Crippen molar-refractivity contribution < 1.29 is 23.2 Å². The molecule has 6 aliphatic heterocycles. The largest absolute Gasteiger partial charge is 0.373 e. The molecule has 2 aromatic carbocycles. The second-order valence-electron chi connectivity index (χ2n) is 14.1. The van der Waals surface area contributed by atoms with Gasteiger partial charge < -0.3 is 5.73 Å². The van der Waals surface area contributed by atoms with Crippen LogP contribution in [0.2, 0.25) is 0 Å². The summed E-state index contributed by atoms with van der Waals surface area (Å²) in [6, 6.07) is 14.4. The Morgan fingerprint density at radius 1 is 0.833 bits per heavy atom. The molecule has 2 aromatic heterocycles. The lowest BCUT2D eigenvalue weighted by molar-refractivity contribution is -0.191. The zero-order valence-corrected chi connectivity index (χ0v) is 30.5. The summed E-state index contributed by atoms with van der Waals surface area (Å²) in [7, 11) is 0. The van der Waals surface area contributed by atoms with Gasteiger partial charge in [-0.05, 0) is 138 Å². The van der Waals surface area contributed by atoms with E-state index in [9.17, 15) is 13.6 Å². The number of halogens is 3. The highest BCUT2D eigenvalue weighted by molar-refractivity contribution is 7.20. The Labute approximate surface area is 296 Å². The Bertz CT molecular complexity index is 1720. The van der Waals surface area contributed by atoms with Crippen LogP contribution in [0.4, 0.5) is 8.78 Å². The molecular weight excluding hydrogens is 672 g/mol. The maximum atomic E-state index is 13.9. The third kappa shape index (κ3) is 7.91. The highest BCUT2D eigenvalue weighted by Crippen LogP contribution is 2.46. The van der Waals surface area contributed by atoms with Crippen LogP contribution in [0.15, 0.2) is 53.9 Å². The minimum Gasteiger partial charge on any atom is -0.326 e. The number of hydrogen-bond acceptors (Lipinski definition) is 8. The van der Waals surface area contributed by atoms with Crippen LogP contribution in [0.1, 0.15) is 69.5 Å². The van der Waals surface area contributed by atoms with E-state index in [1.54, 1.807) is 12.1 Å². The SMILES string of the molecule is CC1(C)[C@@H](CC(=O)c2cc3cccc(F)c3s2)C2CCN1CC2.CC1(C)[C@@H](N)C2CCN1CC2.Cl.Fc1cccc2ccsc12.O=C=O. The lowest BCUT2D eigenvalue weighted by Gasteiger charge is -2.56. The Morgan fingerprint density at radius 2 is 1.35 bits per heavy atom. The van der Waals surface area contributed by atoms with Crippen LogP contribution in [0.25, 0.3) is 20.2 Å². The van der Waals surface area contributed by atoms with Gasteiger partial charge in [0.2, 0.25) is 0 Å². The molecule has 0 spiro atoms. The number of rotatable bonds is 3. The highest BCUT2D eigenvalue weighted by atomic mass is 35.5. The molecule has 0 saturated carbocycles. The van der Waals surface area contributed by atoms with Gasteiger partial charge >= 0.3 is 6.15 Å². The molecule has 0 aliphatic carbocycles. The van der Waals surface area contributed by atoms with Gasteiger partial charge in [0.25, 0.3) is 0 Å². The van der Waals surface area contributed by atoms with Gasteiger partial charge in [0.15, 0.2) is 5.78 Å². The van der Waals surface area contributed by atoms with E-state index in [0.717, 1.165) is 34.5 Å². The van der Waals surface area contributed by atoms with Crippen LogP contribution in [0.3, 0.4) is 0 Å². The van der Waals surface area contributed by atoms with Gasteiger partial charge in [-0.2, -0.15) is 9.59 Å². The number of hydrogen-bond donors (Lipinski definition) is 1. The van der Waals surface area contributed by atoms with Crippen LogP contribution < -0.4 is 5.73 Å². The number of Topliss-reactive ketones (excluding diaryl/α,β-unsaturated/α-hetero) is 1. The molecule has 6 saturated heterocycles. The van der Waals surface area contributed by atoms with Crippen LogP contribution in [-0.2, 0) is 9.59 Å². The molecule has 6 aliphatic rings. The molecule has 6 nitrogen and oxygen atoms in total. The Hall–Kier alpha value is -2.56. The van der Waals surface area contributed by atoms with Gasteiger partial charge in [0.1, 0.15) is 11.6 Å². The van der Waals surface area contributed by atoms with Crippen molar-refractivity contribution in [3.05, 3.63) is 70.4 Å². The molecule has 0 radical (unpaired) electrons. The van der Waals surface area contributed by atoms with E-state index >= 15 is 0 Å². The maximum Gasteiger partial charge on any atom is 0.373 e. The zero-order chi connectivity index (χ0) is 33.9. The smallest absolute Gasteiger partial charge is 0.326 e. The fraction of sp³-hybridized carbons (Fsp3) is 0.514. The van der Waals surface area contributed by atoms with Crippen molar-refractivity contribution >= 4 is 67.2 Å². The van der Waals surface area contributed by atoms with Crippen LogP contribution in [-0.4, -0.2) is 65.0 Å². The first-order chi connectivity index (χ1) is 22.4. The van der Waals surface area contributed by atoms with Crippen LogP contribution in [0.5, 0.6) is 0 Å². The van der Waals surface area contributed by atoms with Crippen molar-refractivity contribution in [2.24, 2.45) is 23.5 Å². The minimum absolute atomic E-state index is 0. The molecule has 260 valence electrons. The summed E-state index contributed by atoms with van der Waals surface area (Å²) in [6.07, 6.45) is 5.91. The number of carbonyl (C=O) groups is 1. The topological polar surface area (TPSA) is 83.7 Å². The molecule has 0 unspecified atom stereocenters. The molecule has 10 rings (SSSR count). The fourth-order valence-corrected chi connectivity index (χ4v) is 9.97. The van der Waals surface area contributed by atoms with E-state index in [2.05, 4.69) is 37.5 Å². The number of fused-ring (bicyclic) bond motifs is 8. The summed E-state index contributed by atoms with van der Waals surface area (Å²) >= 11 is 2.74. The minimum atomic E-state index is -0.227. The molecule has 0 amide bonds. The van der Waals surface area contributed by atoms with E-state index < -0.39 is 0 Å². The number of benzene rings is 2. The lowest BCUT2D eigenvalue weighted by atomic mass is 9.65. The molecule has 4 bridgehead atoms. The van der Waals surface area contributed by atoms with Crippen molar-refractivity contribution in [1.29, 1.82) is 0 Å². The molecule has 6 fully saturated rings. The highest BCUT2D eigenvalue weighted by Gasteiger charge is 2.48. The van der Waals surface area contributed by atoms with Gasteiger partial charge in [-0.1, -0.05) is 24.3 Å². The average Bonchev–Trinajstić information content (AvgIpc) is 3.72. The number of nitrogens with zero attached hydrogens (tertiary/aromatic N) is 2. The summed E-state index contributed by atoms with van der Waals surface area (Å²) in [5.74, 6) is 1.70. The lowest BCUT2D eigenvalue weighted by Crippen LogP contribution is -2.67. The van der Waals surface area contributed by atoms with Crippen molar-refractivity contribution in [1.82, 2.24) is 9.80 Å². The molecule has 2 atom stereocenters. The first kappa shape index (κ1) is 38.2. The number of nitrogens with two attached hydrogens (primary N) is 1.